The lowest BCUT2D eigenvalue weighted by atomic mass is 9.94. The van der Waals surface area contributed by atoms with E-state index in [1.165, 1.54) is 0 Å². The van der Waals surface area contributed by atoms with Gasteiger partial charge in [0.2, 0.25) is 5.91 Å². The number of hydrogen-bond acceptors (Lipinski definition) is 5. The first kappa shape index (κ1) is 27.2. The van der Waals surface area contributed by atoms with E-state index in [0.717, 1.165) is 11.1 Å². The van der Waals surface area contributed by atoms with Gasteiger partial charge in [0.05, 0.1) is 11.5 Å². The molecular formula is C26H28ClN3O5S. The van der Waals surface area contributed by atoms with Gasteiger partial charge in [0, 0.05) is 16.3 Å². The number of aliphatic hydroxyl groups is 1. The van der Waals surface area contributed by atoms with Crippen LogP contribution in [0, 0.1) is 27.7 Å². The van der Waals surface area contributed by atoms with Gasteiger partial charge in [-0.15, -0.1) is 0 Å². The van der Waals surface area contributed by atoms with Gasteiger partial charge in [0.1, 0.15) is 6.04 Å². The molecule has 0 aliphatic rings. The van der Waals surface area contributed by atoms with Gasteiger partial charge >= 0.3 is 0 Å². The van der Waals surface area contributed by atoms with Crippen LogP contribution in [-0.2, 0) is 14.8 Å². The summed E-state index contributed by atoms with van der Waals surface area (Å²) in [6.45, 7) is 6.33. The van der Waals surface area contributed by atoms with Crippen LogP contribution >= 0.6 is 11.6 Å². The molecule has 1 atom stereocenters. The number of carbonyl (C=O) groups is 2. The maximum atomic E-state index is 13.1. The number of anilines is 1. The summed E-state index contributed by atoms with van der Waals surface area (Å²) in [5.74, 6) is -1.36. The second-order valence-corrected chi connectivity index (χ2v) is 10.7. The van der Waals surface area contributed by atoms with Crippen molar-refractivity contribution in [3.63, 3.8) is 0 Å². The van der Waals surface area contributed by atoms with Crippen LogP contribution in [0.2, 0.25) is 5.02 Å². The fourth-order valence-electron chi connectivity index (χ4n) is 3.94. The molecule has 0 heterocycles. The second kappa shape index (κ2) is 10.7. The molecule has 3 rings (SSSR count). The number of sulfonamides is 1. The number of carbonyl (C=O) groups excluding carboxylic acids is 2. The lowest BCUT2D eigenvalue weighted by Crippen LogP contribution is -2.47. The zero-order valence-electron chi connectivity index (χ0n) is 20.3. The smallest absolute Gasteiger partial charge is 0.262 e. The van der Waals surface area contributed by atoms with Crippen LogP contribution in [0.5, 0.6) is 0 Å². The normalized spacial score (nSPS) is 12.2. The van der Waals surface area contributed by atoms with Crippen LogP contribution in [0.15, 0.2) is 53.4 Å². The third kappa shape index (κ3) is 5.87. The average molecular weight is 530 g/mol. The zero-order valence-corrected chi connectivity index (χ0v) is 21.9. The highest BCUT2D eigenvalue weighted by atomic mass is 35.5. The summed E-state index contributed by atoms with van der Waals surface area (Å²) in [7, 11) is -3.86. The Kier molecular flexibility index (Phi) is 8.08. The van der Waals surface area contributed by atoms with E-state index in [2.05, 4.69) is 10.0 Å². The molecule has 1 unspecified atom stereocenters. The SMILES string of the molecule is Cc1cc(S(=O)(=O)Nc2cccc(-c3cc(C)c(C(=O)NC(CO)C(N)=O)c(C)c3)c2)c(C)cc1Cl. The average Bonchev–Trinajstić information content (AvgIpc) is 2.78. The van der Waals surface area contributed by atoms with Crippen LogP contribution in [0.1, 0.15) is 32.6 Å². The number of aliphatic hydroxyl groups excluding tert-OH is 1. The lowest BCUT2D eigenvalue weighted by Gasteiger charge is -2.17. The van der Waals surface area contributed by atoms with E-state index in [0.29, 0.717) is 38.5 Å². The van der Waals surface area contributed by atoms with Crippen LogP contribution in [0.25, 0.3) is 11.1 Å². The molecule has 0 fully saturated rings. The van der Waals surface area contributed by atoms with E-state index in [1.54, 1.807) is 70.2 Å². The van der Waals surface area contributed by atoms with Crippen molar-refractivity contribution < 1.29 is 23.1 Å². The molecule has 8 nitrogen and oxygen atoms in total. The molecule has 5 N–H and O–H groups in total. The topological polar surface area (TPSA) is 139 Å². The highest BCUT2D eigenvalue weighted by molar-refractivity contribution is 7.92. The Bertz CT molecular complexity index is 1430. The summed E-state index contributed by atoms with van der Waals surface area (Å²) in [6.07, 6.45) is 0. The van der Waals surface area contributed by atoms with Crippen molar-refractivity contribution in [3.8, 4) is 11.1 Å². The third-order valence-electron chi connectivity index (χ3n) is 5.78. The largest absolute Gasteiger partial charge is 0.394 e. The first-order chi connectivity index (χ1) is 16.8. The molecule has 0 spiro atoms. The van der Waals surface area contributed by atoms with Crippen LogP contribution < -0.4 is 15.8 Å². The molecule has 10 heteroatoms. The molecule has 0 aliphatic carbocycles. The molecule has 0 saturated heterocycles. The van der Waals surface area contributed by atoms with E-state index in [1.807, 2.05) is 6.07 Å². The summed E-state index contributed by atoms with van der Waals surface area (Å²) >= 11 is 6.11. The van der Waals surface area contributed by atoms with Gasteiger partial charge < -0.3 is 16.2 Å². The number of rotatable bonds is 8. The van der Waals surface area contributed by atoms with Crippen molar-refractivity contribution in [2.45, 2.75) is 38.6 Å². The van der Waals surface area contributed by atoms with Gasteiger partial charge in [-0.1, -0.05) is 35.9 Å². The highest BCUT2D eigenvalue weighted by Crippen LogP contribution is 2.30. The summed E-state index contributed by atoms with van der Waals surface area (Å²) in [6, 6.07) is 12.5. The second-order valence-electron chi connectivity index (χ2n) is 8.65. The molecule has 0 aromatic heterocycles. The fraction of sp³-hybridized carbons (Fsp3) is 0.231. The Morgan fingerprint density at radius 2 is 1.58 bits per heavy atom. The summed E-state index contributed by atoms with van der Waals surface area (Å²) < 4.78 is 28.8. The van der Waals surface area contributed by atoms with Crippen LogP contribution in [0.3, 0.4) is 0 Å². The fourth-order valence-corrected chi connectivity index (χ4v) is 5.52. The van der Waals surface area contributed by atoms with Gasteiger partial charge in [-0.25, -0.2) is 8.42 Å². The first-order valence-electron chi connectivity index (χ1n) is 11.1. The minimum atomic E-state index is -3.86. The van der Waals surface area contributed by atoms with Crippen molar-refractivity contribution in [1.29, 1.82) is 0 Å². The molecule has 0 bridgehead atoms. The highest BCUT2D eigenvalue weighted by Gasteiger charge is 2.22. The van der Waals surface area contributed by atoms with Gasteiger partial charge in [-0.3, -0.25) is 14.3 Å². The Morgan fingerprint density at radius 1 is 0.944 bits per heavy atom. The van der Waals surface area contributed by atoms with Gasteiger partial charge in [-0.2, -0.15) is 0 Å². The van der Waals surface area contributed by atoms with Crippen molar-refractivity contribution in [2.24, 2.45) is 5.73 Å². The molecule has 0 saturated carbocycles. The Labute approximate surface area is 215 Å². The van der Waals surface area contributed by atoms with Gasteiger partial charge in [-0.05, 0) is 85.3 Å². The molecule has 0 aliphatic heterocycles. The molecular weight excluding hydrogens is 502 g/mol. The van der Waals surface area contributed by atoms with Crippen LogP contribution in [-0.4, -0.2) is 38.0 Å². The predicted molar refractivity (Wildman–Crippen MR) is 141 cm³/mol. The Morgan fingerprint density at radius 3 is 2.17 bits per heavy atom. The quantitative estimate of drug-likeness (QED) is 0.353. The van der Waals surface area contributed by atoms with Crippen molar-refractivity contribution >= 4 is 39.1 Å². The number of amides is 2. The number of hydrogen-bond donors (Lipinski definition) is 4. The standard InChI is InChI=1S/C26H28ClN3O5S/c1-14-11-23(15(2)10-21(14)27)36(34,35)30-20-7-5-6-18(12-20)19-8-16(3)24(17(4)9-19)26(33)29-22(13-31)25(28)32/h5-12,22,30-31H,13H2,1-4H3,(H2,28,32)(H,29,33). The minimum Gasteiger partial charge on any atom is -0.394 e. The maximum absolute atomic E-state index is 13.1. The van der Waals surface area contributed by atoms with Gasteiger partial charge in [0.15, 0.2) is 0 Å². The summed E-state index contributed by atoms with van der Waals surface area (Å²) in [5, 5.41) is 12.2. The maximum Gasteiger partial charge on any atom is 0.262 e. The van der Waals surface area contributed by atoms with E-state index in [4.69, 9.17) is 17.3 Å². The predicted octanol–water partition coefficient (Wildman–Crippen LogP) is 3.62. The van der Waals surface area contributed by atoms with Crippen molar-refractivity contribution in [1.82, 2.24) is 5.32 Å². The number of halogens is 1. The molecule has 2 amide bonds. The molecule has 3 aromatic rings. The number of primary amides is 1. The van der Waals surface area contributed by atoms with E-state index in [9.17, 15) is 23.1 Å². The molecule has 0 radical (unpaired) electrons. The third-order valence-corrected chi connectivity index (χ3v) is 7.72. The van der Waals surface area contributed by atoms with Crippen LogP contribution in [0.4, 0.5) is 5.69 Å². The first-order valence-corrected chi connectivity index (χ1v) is 12.9. The molecule has 190 valence electrons. The molecule has 36 heavy (non-hydrogen) atoms. The van der Waals surface area contributed by atoms with Gasteiger partial charge in [0.25, 0.3) is 15.9 Å². The minimum absolute atomic E-state index is 0.147. The molecule has 3 aromatic carbocycles. The number of benzene rings is 3. The number of aryl methyl sites for hydroxylation is 4. The Balaban J connectivity index is 1.92. The van der Waals surface area contributed by atoms with Crippen molar-refractivity contribution in [3.05, 3.63) is 81.4 Å². The van der Waals surface area contributed by atoms with E-state index < -0.39 is 34.5 Å². The Hall–Kier alpha value is -3.40. The summed E-state index contributed by atoms with van der Waals surface area (Å²) in [4.78, 5) is 24.2. The van der Waals surface area contributed by atoms with E-state index in [-0.39, 0.29) is 4.90 Å². The number of nitrogens with one attached hydrogen (secondary N) is 2. The summed E-state index contributed by atoms with van der Waals surface area (Å²) in [5.41, 5.74) is 9.93. The lowest BCUT2D eigenvalue weighted by molar-refractivity contribution is -0.120. The number of nitrogens with two attached hydrogens (primary N) is 1. The van der Waals surface area contributed by atoms with Crippen molar-refractivity contribution in [2.75, 3.05) is 11.3 Å². The zero-order chi connectivity index (χ0) is 26.8. The monoisotopic (exact) mass is 529 g/mol. The van der Waals surface area contributed by atoms with E-state index >= 15 is 0 Å².